The summed E-state index contributed by atoms with van der Waals surface area (Å²) < 4.78 is 2.01. The molecular formula is C14H20N2. The van der Waals surface area contributed by atoms with Crippen LogP contribution in [0, 0.1) is 5.92 Å². The molecule has 0 amide bonds. The fourth-order valence-electron chi connectivity index (χ4n) is 1.23. The highest BCUT2D eigenvalue weighted by Crippen LogP contribution is 2.14. The first-order valence-corrected chi connectivity index (χ1v) is 5.64. The average molecular weight is 216 g/mol. The molecular weight excluding hydrogens is 196 g/mol. The maximum atomic E-state index is 4.25. The highest BCUT2D eigenvalue weighted by atomic mass is 15.0. The zero-order valence-corrected chi connectivity index (χ0v) is 10.5. The van der Waals surface area contributed by atoms with Crippen molar-refractivity contribution in [3.8, 4) is 11.4 Å². The highest BCUT2D eigenvalue weighted by Gasteiger charge is 1.99. The maximum absolute atomic E-state index is 4.25. The van der Waals surface area contributed by atoms with Gasteiger partial charge < -0.3 is 4.57 Å². The Hall–Kier alpha value is -1.57. The van der Waals surface area contributed by atoms with E-state index in [1.54, 1.807) is 0 Å². The summed E-state index contributed by atoms with van der Waals surface area (Å²) in [5.41, 5.74) is 1.16. The molecule has 2 nitrogen and oxygen atoms in total. The van der Waals surface area contributed by atoms with Gasteiger partial charge in [-0.25, -0.2) is 4.98 Å². The van der Waals surface area contributed by atoms with Crippen LogP contribution in [0.3, 0.4) is 0 Å². The molecule has 0 unspecified atom stereocenters. The minimum absolute atomic E-state index is 0.833. The van der Waals surface area contributed by atoms with Crippen molar-refractivity contribution >= 4 is 0 Å². The predicted molar refractivity (Wildman–Crippen MR) is 69.2 cm³/mol. The van der Waals surface area contributed by atoms with Gasteiger partial charge in [0.25, 0.3) is 0 Å². The van der Waals surface area contributed by atoms with Gasteiger partial charge in [-0.05, 0) is 5.92 Å². The van der Waals surface area contributed by atoms with Gasteiger partial charge in [0.1, 0.15) is 5.82 Å². The van der Waals surface area contributed by atoms with Gasteiger partial charge >= 0.3 is 0 Å². The predicted octanol–water partition coefficient (Wildman–Crippen LogP) is 3.75. The van der Waals surface area contributed by atoms with E-state index in [0.717, 1.165) is 17.3 Å². The lowest BCUT2D eigenvalue weighted by Crippen LogP contribution is -1.89. The molecule has 16 heavy (non-hydrogen) atoms. The Labute approximate surface area is 98.0 Å². The van der Waals surface area contributed by atoms with E-state index in [0.29, 0.717) is 0 Å². The molecule has 2 heteroatoms. The summed E-state index contributed by atoms with van der Waals surface area (Å²) in [7, 11) is 2.00. The zero-order chi connectivity index (χ0) is 12.0. The van der Waals surface area contributed by atoms with Crippen LogP contribution >= 0.6 is 0 Å². The lowest BCUT2D eigenvalue weighted by atomic mass is 10.2. The van der Waals surface area contributed by atoms with E-state index in [4.69, 9.17) is 0 Å². The first-order valence-electron chi connectivity index (χ1n) is 5.64. The summed E-state index contributed by atoms with van der Waals surface area (Å²) in [6.07, 6.45) is 3.75. The van der Waals surface area contributed by atoms with Crippen molar-refractivity contribution in [2.24, 2.45) is 13.0 Å². The second kappa shape index (κ2) is 6.11. The summed E-state index contributed by atoms with van der Waals surface area (Å²) in [6, 6.07) is 10.2. The summed E-state index contributed by atoms with van der Waals surface area (Å²) in [5, 5.41) is 0. The van der Waals surface area contributed by atoms with Crippen LogP contribution in [0.2, 0.25) is 0 Å². The summed E-state index contributed by atoms with van der Waals surface area (Å²) >= 11 is 0. The third kappa shape index (κ3) is 3.89. The Balaban J connectivity index is 0.000000280. The second-order valence-corrected chi connectivity index (χ2v) is 4.46. The van der Waals surface area contributed by atoms with Crippen LogP contribution in [-0.4, -0.2) is 9.55 Å². The van der Waals surface area contributed by atoms with Gasteiger partial charge in [0.2, 0.25) is 0 Å². The molecule has 0 saturated carbocycles. The molecule has 0 atom stereocenters. The van der Waals surface area contributed by atoms with Gasteiger partial charge in [-0.1, -0.05) is 51.1 Å². The standard InChI is InChI=1S/C10H10N2.C4H10/c1-12-8-7-11-10(12)9-5-3-2-4-6-9;1-4(2)3/h2-8H,1H3;4H,1-3H3. The molecule has 1 aromatic carbocycles. The fraction of sp³-hybridized carbons (Fsp3) is 0.357. The first kappa shape index (κ1) is 12.5. The fourth-order valence-corrected chi connectivity index (χ4v) is 1.23. The normalized spacial score (nSPS) is 9.81. The number of aryl methyl sites for hydroxylation is 1. The van der Waals surface area contributed by atoms with E-state index in [-0.39, 0.29) is 0 Å². The Morgan fingerprint density at radius 1 is 1.06 bits per heavy atom. The molecule has 0 N–H and O–H groups in total. The van der Waals surface area contributed by atoms with Crippen LogP contribution in [-0.2, 0) is 7.05 Å². The number of hydrogen-bond acceptors (Lipinski definition) is 1. The third-order valence-corrected chi connectivity index (χ3v) is 1.85. The van der Waals surface area contributed by atoms with Gasteiger partial charge in [-0.2, -0.15) is 0 Å². The van der Waals surface area contributed by atoms with E-state index >= 15 is 0 Å². The van der Waals surface area contributed by atoms with Crippen LogP contribution in [0.15, 0.2) is 42.7 Å². The van der Waals surface area contributed by atoms with Crippen LogP contribution in [0.25, 0.3) is 11.4 Å². The molecule has 86 valence electrons. The van der Waals surface area contributed by atoms with Crippen molar-refractivity contribution in [3.63, 3.8) is 0 Å². The second-order valence-electron chi connectivity index (χ2n) is 4.46. The van der Waals surface area contributed by atoms with E-state index in [2.05, 4.69) is 37.9 Å². The van der Waals surface area contributed by atoms with Crippen molar-refractivity contribution in [3.05, 3.63) is 42.7 Å². The summed E-state index contributed by atoms with van der Waals surface area (Å²) in [4.78, 5) is 4.25. The molecule has 2 aromatic rings. The number of rotatable bonds is 1. The largest absolute Gasteiger partial charge is 0.334 e. The van der Waals surface area contributed by atoms with Crippen molar-refractivity contribution < 1.29 is 0 Å². The lowest BCUT2D eigenvalue weighted by molar-refractivity contribution is 0.737. The van der Waals surface area contributed by atoms with Crippen LogP contribution in [0.5, 0.6) is 0 Å². The van der Waals surface area contributed by atoms with Gasteiger partial charge in [-0.3, -0.25) is 0 Å². The Morgan fingerprint density at radius 2 is 1.62 bits per heavy atom. The van der Waals surface area contributed by atoms with Gasteiger partial charge in [-0.15, -0.1) is 0 Å². The lowest BCUT2D eigenvalue weighted by Gasteiger charge is -1.99. The molecule has 2 rings (SSSR count). The third-order valence-electron chi connectivity index (χ3n) is 1.85. The minimum atomic E-state index is 0.833. The average Bonchev–Trinajstić information content (AvgIpc) is 2.65. The minimum Gasteiger partial charge on any atom is -0.334 e. The number of aromatic nitrogens is 2. The SMILES string of the molecule is CC(C)C.Cn1ccnc1-c1ccccc1. The maximum Gasteiger partial charge on any atom is 0.139 e. The monoisotopic (exact) mass is 216 g/mol. The Bertz CT molecular complexity index is 399. The van der Waals surface area contributed by atoms with Crippen molar-refractivity contribution in [2.75, 3.05) is 0 Å². The number of benzene rings is 1. The van der Waals surface area contributed by atoms with Gasteiger partial charge in [0.05, 0.1) is 0 Å². The van der Waals surface area contributed by atoms with Crippen molar-refractivity contribution in [2.45, 2.75) is 20.8 Å². The van der Waals surface area contributed by atoms with Gasteiger partial charge in [0, 0.05) is 25.0 Å². The Kier molecular flexibility index (Phi) is 4.77. The van der Waals surface area contributed by atoms with E-state index in [1.807, 2.05) is 42.2 Å². The molecule has 0 spiro atoms. The molecule has 0 fully saturated rings. The van der Waals surface area contributed by atoms with Crippen LogP contribution in [0.1, 0.15) is 20.8 Å². The summed E-state index contributed by atoms with van der Waals surface area (Å²) in [5.74, 6) is 1.84. The molecule has 0 radical (unpaired) electrons. The van der Waals surface area contributed by atoms with E-state index < -0.39 is 0 Å². The first-order chi connectivity index (χ1) is 7.61. The molecule has 0 bridgehead atoms. The van der Waals surface area contributed by atoms with Crippen LogP contribution in [0.4, 0.5) is 0 Å². The molecule has 1 aromatic heterocycles. The highest BCUT2D eigenvalue weighted by molar-refractivity contribution is 5.54. The summed E-state index contributed by atoms with van der Waals surface area (Å²) in [6.45, 7) is 6.50. The van der Waals surface area contributed by atoms with E-state index in [1.165, 1.54) is 0 Å². The van der Waals surface area contributed by atoms with Crippen molar-refractivity contribution in [1.29, 1.82) is 0 Å². The molecule has 0 aliphatic carbocycles. The van der Waals surface area contributed by atoms with E-state index in [9.17, 15) is 0 Å². The Morgan fingerprint density at radius 3 is 2.06 bits per heavy atom. The number of nitrogens with zero attached hydrogens (tertiary/aromatic N) is 2. The molecule has 0 aliphatic rings. The number of hydrogen-bond donors (Lipinski definition) is 0. The number of imidazole rings is 1. The van der Waals surface area contributed by atoms with Crippen molar-refractivity contribution in [1.82, 2.24) is 9.55 Å². The molecule has 0 saturated heterocycles. The topological polar surface area (TPSA) is 17.8 Å². The quantitative estimate of drug-likeness (QED) is 0.710. The smallest absolute Gasteiger partial charge is 0.139 e. The molecule has 1 heterocycles. The molecule has 0 aliphatic heterocycles. The van der Waals surface area contributed by atoms with Crippen LogP contribution < -0.4 is 0 Å². The zero-order valence-electron chi connectivity index (χ0n) is 10.5. The van der Waals surface area contributed by atoms with Gasteiger partial charge in [0.15, 0.2) is 0 Å².